The fourth-order valence-electron chi connectivity index (χ4n) is 1.40. The topological polar surface area (TPSA) is 55.4 Å². The van der Waals surface area contributed by atoms with E-state index >= 15 is 0 Å². The lowest BCUT2D eigenvalue weighted by Crippen LogP contribution is -2.34. The molecule has 0 fully saturated rings. The first kappa shape index (κ1) is 15.8. The summed E-state index contributed by atoms with van der Waals surface area (Å²) in [6, 6.07) is 6.85. The molecule has 0 atom stereocenters. The average molecular weight is 273 g/mol. The van der Waals surface area contributed by atoms with Gasteiger partial charge in [0.2, 0.25) is 5.91 Å². The van der Waals surface area contributed by atoms with E-state index in [1.807, 2.05) is 20.8 Å². The van der Waals surface area contributed by atoms with Gasteiger partial charge in [-0.1, -0.05) is 38.8 Å². The van der Waals surface area contributed by atoms with Gasteiger partial charge < -0.3 is 10.1 Å². The second-order valence-electron chi connectivity index (χ2n) is 5.41. The van der Waals surface area contributed by atoms with Crippen molar-refractivity contribution in [1.29, 1.82) is 0 Å². The van der Waals surface area contributed by atoms with Gasteiger partial charge in [0, 0.05) is 12.0 Å². The van der Waals surface area contributed by atoms with Crippen LogP contribution >= 0.6 is 0 Å². The minimum atomic E-state index is -0.451. The van der Waals surface area contributed by atoms with Gasteiger partial charge in [0.15, 0.2) is 6.61 Å². The zero-order valence-electron chi connectivity index (χ0n) is 12.0. The first-order valence-corrected chi connectivity index (χ1v) is 6.32. The van der Waals surface area contributed by atoms with Crippen LogP contribution in [0.4, 0.5) is 0 Å². The SMILES string of the molecule is C#CCOC(=O)c1ccc(CNC(=O)C(C)(C)C)cc1. The van der Waals surface area contributed by atoms with Gasteiger partial charge in [-0.3, -0.25) is 4.79 Å². The van der Waals surface area contributed by atoms with Gasteiger partial charge >= 0.3 is 5.97 Å². The summed E-state index contributed by atoms with van der Waals surface area (Å²) in [7, 11) is 0. The largest absolute Gasteiger partial charge is 0.449 e. The first-order valence-electron chi connectivity index (χ1n) is 6.32. The molecular formula is C16H19NO3. The number of carbonyl (C=O) groups excluding carboxylic acids is 2. The van der Waals surface area contributed by atoms with E-state index in [1.165, 1.54) is 0 Å². The molecule has 0 aromatic heterocycles. The number of hydrogen-bond acceptors (Lipinski definition) is 3. The van der Waals surface area contributed by atoms with Crippen molar-refractivity contribution in [2.75, 3.05) is 6.61 Å². The smallest absolute Gasteiger partial charge is 0.339 e. The highest BCUT2D eigenvalue weighted by atomic mass is 16.5. The van der Waals surface area contributed by atoms with Crippen LogP contribution in [0.3, 0.4) is 0 Å². The van der Waals surface area contributed by atoms with Crippen molar-refractivity contribution >= 4 is 11.9 Å². The average Bonchev–Trinajstić information content (AvgIpc) is 2.41. The van der Waals surface area contributed by atoms with E-state index in [9.17, 15) is 9.59 Å². The van der Waals surface area contributed by atoms with Crippen molar-refractivity contribution in [2.45, 2.75) is 27.3 Å². The molecule has 106 valence electrons. The number of rotatable bonds is 4. The van der Waals surface area contributed by atoms with Gasteiger partial charge in [-0.05, 0) is 17.7 Å². The highest BCUT2D eigenvalue weighted by Gasteiger charge is 2.20. The first-order chi connectivity index (χ1) is 9.34. The Hall–Kier alpha value is -2.28. The van der Waals surface area contributed by atoms with E-state index in [0.717, 1.165) is 5.56 Å². The number of benzene rings is 1. The van der Waals surface area contributed by atoms with Crippen LogP contribution in [0.1, 0.15) is 36.7 Å². The van der Waals surface area contributed by atoms with Crippen molar-refractivity contribution in [1.82, 2.24) is 5.32 Å². The van der Waals surface area contributed by atoms with Crippen LogP contribution < -0.4 is 5.32 Å². The van der Waals surface area contributed by atoms with Gasteiger partial charge in [0.25, 0.3) is 0 Å². The molecule has 0 bridgehead atoms. The van der Waals surface area contributed by atoms with Crippen molar-refractivity contribution in [3.05, 3.63) is 35.4 Å². The molecule has 0 radical (unpaired) electrons. The Morgan fingerprint density at radius 1 is 1.25 bits per heavy atom. The molecule has 0 saturated heterocycles. The fraction of sp³-hybridized carbons (Fsp3) is 0.375. The van der Waals surface area contributed by atoms with Gasteiger partial charge in [0.1, 0.15) is 0 Å². The lowest BCUT2D eigenvalue weighted by molar-refractivity contribution is -0.128. The van der Waals surface area contributed by atoms with Gasteiger partial charge in [-0.15, -0.1) is 6.42 Å². The number of ether oxygens (including phenoxy) is 1. The van der Waals surface area contributed by atoms with E-state index in [-0.39, 0.29) is 12.5 Å². The Morgan fingerprint density at radius 2 is 1.85 bits per heavy atom. The minimum absolute atomic E-state index is 0.0185. The predicted molar refractivity (Wildman–Crippen MR) is 76.9 cm³/mol. The third-order valence-electron chi connectivity index (χ3n) is 2.61. The van der Waals surface area contributed by atoms with Gasteiger partial charge in [0.05, 0.1) is 5.56 Å². The summed E-state index contributed by atoms with van der Waals surface area (Å²) in [6.45, 7) is 5.95. The maximum absolute atomic E-state index is 11.7. The zero-order chi connectivity index (χ0) is 15.2. The van der Waals surface area contributed by atoms with Crippen molar-refractivity contribution in [3.8, 4) is 12.3 Å². The summed E-state index contributed by atoms with van der Waals surface area (Å²) in [4.78, 5) is 23.3. The second kappa shape index (κ2) is 6.76. The van der Waals surface area contributed by atoms with E-state index in [0.29, 0.717) is 12.1 Å². The summed E-state index contributed by atoms with van der Waals surface area (Å²) in [6.07, 6.45) is 5.01. The molecule has 1 N–H and O–H groups in total. The quantitative estimate of drug-likeness (QED) is 0.675. The monoisotopic (exact) mass is 273 g/mol. The van der Waals surface area contributed by atoms with Crippen molar-refractivity contribution in [3.63, 3.8) is 0 Å². The third kappa shape index (κ3) is 4.77. The van der Waals surface area contributed by atoms with Gasteiger partial charge in [-0.25, -0.2) is 4.79 Å². The molecule has 1 aromatic rings. The van der Waals surface area contributed by atoms with E-state index in [4.69, 9.17) is 11.2 Å². The van der Waals surface area contributed by atoms with Gasteiger partial charge in [-0.2, -0.15) is 0 Å². The number of carbonyl (C=O) groups is 2. The molecule has 1 rings (SSSR count). The fourth-order valence-corrected chi connectivity index (χ4v) is 1.40. The molecule has 20 heavy (non-hydrogen) atoms. The van der Waals surface area contributed by atoms with Crippen molar-refractivity contribution in [2.24, 2.45) is 5.41 Å². The third-order valence-corrected chi connectivity index (χ3v) is 2.61. The summed E-state index contributed by atoms with van der Waals surface area (Å²) in [5.41, 5.74) is 0.932. The zero-order valence-corrected chi connectivity index (χ0v) is 12.0. The highest BCUT2D eigenvalue weighted by molar-refractivity contribution is 5.89. The Bertz CT molecular complexity index is 518. The van der Waals surface area contributed by atoms with Crippen LogP contribution in [0.25, 0.3) is 0 Å². The molecule has 0 unspecified atom stereocenters. The van der Waals surface area contributed by atoms with Crippen LogP contribution in [0.15, 0.2) is 24.3 Å². The van der Waals surface area contributed by atoms with Crippen LogP contribution in [-0.2, 0) is 16.1 Å². The van der Waals surface area contributed by atoms with Crippen molar-refractivity contribution < 1.29 is 14.3 Å². The molecule has 4 heteroatoms. The molecule has 0 aliphatic rings. The summed E-state index contributed by atoms with van der Waals surface area (Å²) in [5.74, 6) is 1.77. The molecule has 0 saturated carbocycles. The normalized spacial score (nSPS) is 10.5. The second-order valence-corrected chi connectivity index (χ2v) is 5.41. The maximum Gasteiger partial charge on any atom is 0.339 e. The Balaban J connectivity index is 2.57. The summed E-state index contributed by atoms with van der Waals surface area (Å²) < 4.78 is 4.82. The molecule has 1 aromatic carbocycles. The molecule has 0 heterocycles. The minimum Gasteiger partial charge on any atom is -0.449 e. The van der Waals surface area contributed by atoms with E-state index < -0.39 is 11.4 Å². The van der Waals surface area contributed by atoms with E-state index in [1.54, 1.807) is 24.3 Å². The summed E-state index contributed by atoms with van der Waals surface area (Å²) >= 11 is 0. The Kier molecular flexibility index (Phi) is 5.33. The number of hydrogen-bond donors (Lipinski definition) is 1. The highest BCUT2D eigenvalue weighted by Crippen LogP contribution is 2.13. The van der Waals surface area contributed by atoms with Crippen LogP contribution in [0.5, 0.6) is 0 Å². The Labute approximate surface area is 119 Å². The lowest BCUT2D eigenvalue weighted by Gasteiger charge is -2.17. The molecule has 1 amide bonds. The van der Waals surface area contributed by atoms with Crippen LogP contribution in [0, 0.1) is 17.8 Å². The molecule has 0 spiro atoms. The number of terminal acetylenes is 1. The standard InChI is InChI=1S/C16H19NO3/c1-5-10-20-14(18)13-8-6-12(7-9-13)11-17-15(19)16(2,3)4/h1,6-9H,10-11H2,2-4H3,(H,17,19). The number of amides is 1. The van der Waals surface area contributed by atoms with E-state index in [2.05, 4.69) is 11.2 Å². The lowest BCUT2D eigenvalue weighted by atomic mass is 9.95. The van der Waals surface area contributed by atoms with Crippen LogP contribution in [-0.4, -0.2) is 18.5 Å². The number of nitrogens with one attached hydrogen (secondary N) is 1. The maximum atomic E-state index is 11.7. The molecular weight excluding hydrogens is 254 g/mol. The van der Waals surface area contributed by atoms with Crippen LogP contribution in [0.2, 0.25) is 0 Å². The molecule has 4 nitrogen and oxygen atoms in total. The number of esters is 1. The molecule has 0 aliphatic carbocycles. The Morgan fingerprint density at radius 3 is 2.35 bits per heavy atom. The summed E-state index contributed by atoms with van der Waals surface area (Å²) in [5, 5.41) is 2.84. The molecule has 0 aliphatic heterocycles. The predicted octanol–water partition coefficient (Wildman–Crippen LogP) is 2.14.